The third-order valence-electron chi connectivity index (χ3n) is 3.53. The Balaban J connectivity index is 1.83. The van der Waals surface area contributed by atoms with Crippen LogP contribution in [0.4, 0.5) is 0 Å². The maximum Gasteiger partial charge on any atom is 0.252 e. The zero-order chi connectivity index (χ0) is 16.2. The lowest BCUT2D eigenvalue weighted by Gasteiger charge is -2.13. The van der Waals surface area contributed by atoms with Crippen LogP contribution in [0.15, 0.2) is 18.2 Å². The van der Waals surface area contributed by atoms with E-state index in [2.05, 4.69) is 10.0 Å². The molecule has 0 radical (unpaired) electrons. The maximum absolute atomic E-state index is 12.0. The largest absolute Gasteiger partial charge is 0.351 e. The highest BCUT2D eigenvalue weighted by molar-refractivity contribution is 7.89. The zero-order valence-corrected chi connectivity index (χ0v) is 14.3. The molecule has 0 bridgehead atoms. The van der Waals surface area contributed by atoms with Crippen LogP contribution in [0.2, 0.25) is 10.0 Å². The standard InChI is InChI=1S/C14H18Cl2N2O3S/c15-10-5-6-12(13(16)9-10)14(19)17-7-8-22(20,21)18-11-3-1-2-4-11/h5-6,9,11,18H,1-4,7-8H2,(H,17,19). The Morgan fingerprint density at radius 2 is 1.91 bits per heavy atom. The zero-order valence-electron chi connectivity index (χ0n) is 11.9. The van der Waals surface area contributed by atoms with Gasteiger partial charge in [-0.3, -0.25) is 4.79 Å². The third kappa shape index (κ3) is 5.12. The van der Waals surface area contributed by atoms with E-state index in [1.165, 1.54) is 12.1 Å². The van der Waals surface area contributed by atoms with Gasteiger partial charge < -0.3 is 5.32 Å². The molecule has 1 fully saturated rings. The van der Waals surface area contributed by atoms with E-state index in [4.69, 9.17) is 23.2 Å². The highest BCUT2D eigenvalue weighted by Gasteiger charge is 2.21. The molecule has 5 nitrogen and oxygen atoms in total. The maximum atomic E-state index is 12.0. The molecule has 2 N–H and O–H groups in total. The van der Waals surface area contributed by atoms with Gasteiger partial charge in [-0.05, 0) is 31.0 Å². The number of hydrogen-bond acceptors (Lipinski definition) is 3. The van der Waals surface area contributed by atoms with Gasteiger partial charge in [0.2, 0.25) is 10.0 Å². The van der Waals surface area contributed by atoms with Crippen LogP contribution in [-0.2, 0) is 10.0 Å². The average Bonchev–Trinajstić information content (AvgIpc) is 2.90. The van der Waals surface area contributed by atoms with Gasteiger partial charge in [-0.25, -0.2) is 13.1 Å². The molecular formula is C14H18Cl2N2O3S. The molecule has 0 saturated heterocycles. The van der Waals surface area contributed by atoms with Gasteiger partial charge >= 0.3 is 0 Å². The summed E-state index contributed by atoms with van der Waals surface area (Å²) in [5, 5.41) is 3.22. The van der Waals surface area contributed by atoms with Crippen LogP contribution in [0.5, 0.6) is 0 Å². The molecular weight excluding hydrogens is 347 g/mol. The van der Waals surface area contributed by atoms with E-state index in [-0.39, 0.29) is 28.9 Å². The highest BCUT2D eigenvalue weighted by atomic mass is 35.5. The second-order valence-corrected chi connectivity index (χ2v) is 8.02. The second kappa shape index (κ2) is 7.64. The van der Waals surface area contributed by atoms with Crippen LogP contribution in [-0.4, -0.2) is 32.7 Å². The fourth-order valence-electron chi connectivity index (χ4n) is 2.42. The number of nitrogens with one attached hydrogen (secondary N) is 2. The van der Waals surface area contributed by atoms with Gasteiger partial charge in [-0.15, -0.1) is 0 Å². The molecule has 2 rings (SSSR count). The number of rotatable bonds is 6. The van der Waals surface area contributed by atoms with Crippen molar-refractivity contribution in [2.45, 2.75) is 31.7 Å². The summed E-state index contributed by atoms with van der Waals surface area (Å²) >= 11 is 11.7. The smallest absolute Gasteiger partial charge is 0.252 e. The van der Waals surface area contributed by atoms with Crippen molar-refractivity contribution in [3.8, 4) is 0 Å². The molecule has 0 heterocycles. The van der Waals surface area contributed by atoms with Crippen LogP contribution in [0.3, 0.4) is 0 Å². The van der Waals surface area contributed by atoms with Gasteiger partial charge in [0.15, 0.2) is 0 Å². The molecule has 0 atom stereocenters. The Bertz CT molecular complexity index is 643. The Labute approximate surface area is 140 Å². The SMILES string of the molecule is O=C(NCCS(=O)(=O)NC1CCCC1)c1ccc(Cl)cc1Cl. The van der Waals surface area contributed by atoms with Crippen molar-refractivity contribution in [2.24, 2.45) is 0 Å². The molecule has 1 aromatic rings. The van der Waals surface area contributed by atoms with Crippen molar-refractivity contribution in [2.75, 3.05) is 12.3 Å². The van der Waals surface area contributed by atoms with Crippen LogP contribution in [0.1, 0.15) is 36.0 Å². The van der Waals surface area contributed by atoms with E-state index in [1.54, 1.807) is 6.07 Å². The predicted octanol–water partition coefficient (Wildman–Crippen LogP) is 2.59. The first-order chi connectivity index (χ1) is 10.4. The van der Waals surface area contributed by atoms with Gasteiger partial charge in [-0.2, -0.15) is 0 Å². The van der Waals surface area contributed by atoms with E-state index >= 15 is 0 Å². The van der Waals surface area contributed by atoms with Gasteiger partial charge in [0.05, 0.1) is 16.3 Å². The van der Waals surface area contributed by atoms with Gasteiger partial charge in [0, 0.05) is 17.6 Å². The molecule has 1 saturated carbocycles. The summed E-state index contributed by atoms with van der Waals surface area (Å²) in [7, 11) is -3.38. The number of carbonyl (C=O) groups excluding carboxylic acids is 1. The molecule has 1 amide bonds. The molecule has 0 aromatic heterocycles. The number of sulfonamides is 1. The van der Waals surface area contributed by atoms with Crippen LogP contribution in [0, 0.1) is 0 Å². The van der Waals surface area contributed by atoms with E-state index < -0.39 is 15.9 Å². The summed E-state index contributed by atoms with van der Waals surface area (Å²) in [6, 6.07) is 4.56. The molecule has 1 aromatic carbocycles. The molecule has 8 heteroatoms. The van der Waals surface area contributed by atoms with Crippen molar-refractivity contribution in [3.63, 3.8) is 0 Å². The van der Waals surface area contributed by atoms with Crippen LogP contribution >= 0.6 is 23.2 Å². The first kappa shape index (κ1) is 17.5. The molecule has 1 aliphatic carbocycles. The average molecular weight is 365 g/mol. The van der Waals surface area contributed by atoms with Gasteiger partial charge in [0.25, 0.3) is 5.91 Å². The highest BCUT2D eigenvalue weighted by Crippen LogP contribution is 2.21. The Morgan fingerprint density at radius 1 is 1.23 bits per heavy atom. The fourth-order valence-corrected chi connectivity index (χ4v) is 4.15. The van der Waals surface area contributed by atoms with Crippen molar-refractivity contribution in [3.05, 3.63) is 33.8 Å². The van der Waals surface area contributed by atoms with E-state index in [0.717, 1.165) is 25.7 Å². The summed E-state index contributed by atoms with van der Waals surface area (Å²) in [6.07, 6.45) is 3.87. The topological polar surface area (TPSA) is 75.3 Å². The number of benzene rings is 1. The summed E-state index contributed by atoms with van der Waals surface area (Å²) in [4.78, 5) is 12.0. The molecule has 0 unspecified atom stereocenters. The van der Waals surface area contributed by atoms with E-state index in [1.807, 2.05) is 0 Å². The third-order valence-corrected chi connectivity index (χ3v) is 5.52. The second-order valence-electron chi connectivity index (χ2n) is 5.30. The van der Waals surface area contributed by atoms with Crippen molar-refractivity contribution < 1.29 is 13.2 Å². The summed E-state index contributed by atoms with van der Waals surface area (Å²) in [5.74, 6) is -0.571. The minimum atomic E-state index is -3.38. The lowest BCUT2D eigenvalue weighted by atomic mass is 10.2. The van der Waals surface area contributed by atoms with Crippen LogP contribution in [0.25, 0.3) is 0 Å². The number of carbonyl (C=O) groups is 1. The predicted molar refractivity (Wildman–Crippen MR) is 88.0 cm³/mol. The van der Waals surface area contributed by atoms with E-state index in [9.17, 15) is 13.2 Å². The van der Waals surface area contributed by atoms with Crippen molar-refractivity contribution >= 4 is 39.1 Å². The quantitative estimate of drug-likeness (QED) is 0.814. The van der Waals surface area contributed by atoms with E-state index in [0.29, 0.717) is 5.02 Å². The Morgan fingerprint density at radius 3 is 2.55 bits per heavy atom. The van der Waals surface area contributed by atoms with Gasteiger partial charge in [0.1, 0.15) is 0 Å². The van der Waals surface area contributed by atoms with Gasteiger partial charge in [-0.1, -0.05) is 36.0 Å². The molecule has 1 aliphatic rings. The number of amides is 1. The molecule has 0 spiro atoms. The monoisotopic (exact) mass is 364 g/mol. The number of hydrogen-bond donors (Lipinski definition) is 2. The normalized spacial score (nSPS) is 15.9. The molecule has 22 heavy (non-hydrogen) atoms. The molecule has 0 aliphatic heterocycles. The minimum Gasteiger partial charge on any atom is -0.351 e. The summed E-state index contributed by atoms with van der Waals surface area (Å²) in [6.45, 7) is 0.0276. The summed E-state index contributed by atoms with van der Waals surface area (Å²) < 4.78 is 26.5. The first-order valence-electron chi connectivity index (χ1n) is 7.10. The molecule has 122 valence electrons. The first-order valence-corrected chi connectivity index (χ1v) is 9.51. The Kier molecular flexibility index (Phi) is 6.09. The summed E-state index contributed by atoms with van der Waals surface area (Å²) in [5.41, 5.74) is 0.271. The Hall–Kier alpha value is -0.820. The minimum absolute atomic E-state index is 0.0276. The lowest BCUT2D eigenvalue weighted by molar-refractivity contribution is 0.0956. The van der Waals surface area contributed by atoms with Crippen LogP contribution < -0.4 is 10.0 Å². The van der Waals surface area contributed by atoms with Crippen molar-refractivity contribution in [1.82, 2.24) is 10.0 Å². The fraction of sp³-hybridized carbons (Fsp3) is 0.500. The van der Waals surface area contributed by atoms with Crippen molar-refractivity contribution in [1.29, 1.82) is 0 Å². The number of halogens is 2. The lowest BCUT2D eigenvalue weighted by Crippen LogP contribution is -2.38.